The Morgan fingerprint density at radius 2 is 1.96 bits per heavy atom. The molecule has 0 atom stereocenters. The van der Waals surface area contributed by atoms with Gasteiger partial charge < -0.3 is 15.4 Å². The van der Waals surface area contributed by atoms with Gasteiger partial charge in [0, 0.05) is 43.8 Å². The molecule has 0 aliphatic rings. The highest BCUT2D eigenvalue weighted by atomic mass is 127. The van der Waals surface area contributed by atoms with Crippen LogP contribution in [0.15, 0.2) is 29.3 Å². The second-order valence-corrected chi connectivity index (χ2v) is 6.17. The lowest BCUT2D eigenvalue weighted by molar-refractivity contribution is 0.145. The van der Waals surface area contributed by atoms with Gasteiger partial charge in [0.05, 0.1) is 0 Å². The fourth-order valence-electron chi connectivity index (χ4n) is 2.16. The minimum Gasteiger partial charge on any atom is -0.382 e. The monoisotopic (exact) mass is 453 g/mol. The summed E-state index contributed by atoms with van der Waals surface area (Å²) in [5.74, 6) is 0.802. The molecule has 1 aromatic rings. The van der Waals surface area contributed by atoms with Crippen LogP contribution < -0.4 is 10.6 Å². The lowest BCUT2D eigenvalue weighted by Crippen LogP contribution is -2.43. The van der Waals surface area contributed by atoms with E-state index in [2.05, 4.69) is 35.5 Å². The third kappa shape index (κ3) is 8.22. The van der Waals surface area contributed by atoms with E-state index in [0.717, 1.165) is 49.3 Å². The van der Waals surface area contributed by atoms with Crippen LogP contribution >= 0.6 is 35.6 Å². The van der Waals surface area contributed by atoms with E-state index in [1.54, 1.807) is 7.05 Å². The summed E-state index contributed by atoms with van der Waals surface area (Å²) in [6.07, 6.45) is 0.961. The molecule has 0 saturated carbocycles. The Balaban J connectivity index is 0.00000484. The number of nitrogens with one attached hydrogen (secondary N) is 2. The van der Waals surface area contributed by atoms with Crippen LogP contribution in [0.1, 0.15) is 32.8 Å². The predicted octanol–water partition coefficient (Wildman–Crippen LogP) is 3.83. The molecule has 0 fully saturated rings. The zero-order valence-corrected chi connectivity index (χ0v) is 17.6. The van der Waals surface area contributed by atoms with Crippen LogP contribution in [-0.4, -0.2) is 39.3 Å². The fraction of sp³-hybridized carbons (Fsp3) is 0.588. The SMILES string of the molecule is CCOCCCNC(=NC)NCC(C)(C)c1ccccc1Cl.I. The fourth-order valence-corrected chi connectivity index (χ4v) is 2.55. The van der Waals surface area contributed by atoms with Gasteiger partial charge in [-0.15, -0.1) is 24.0 Å². The van der Waals surface area contributed by atoms with Crippen molar-refractivity contribution in [3.8, 4) is 0 Å². The topological polar surface area (TPSA) is 45.6 Å². The Labute approximate surface area is 162 Å². The minimum absolute atomic E-state index is 0. The second-order valence-electron chi connectivity index (χ2n) is 5.77. The maximum Gasteiger partial charge on any atom is 0.191 e. The zero-order valence-electron chi connectivity index (χ0n) is 14.5. The van der Waals surface area contributed by atoms with Gasteiger partial charge in [-0.2, -0.15) is 0 Å². The molecule has 0 aliphatic heterocycles. The van der Waals surface area contributed by atoms with Crippen LogP contribution in [0, 0.1) is 0 Å². The molecule has 1 rings (SSSR count). The zero-order chi connectivity index (χ0) is 16.4. The number of benzene rings is 1. The first kappa shape index (κ1) is 22.5. The van der Waals surface area contributed by atoms with E-state index in [-0.39, 0.29) is 29.4 Å². The minimum atomic E-state index is -0.0821. The quantitative estimate of drug-likeness (QED) is 0.272. The van der Waals surface area contributed by atoms with Crippen LogP contribution in [0.25, 0.3) is 0 Å². The Kier molecular flexibility index (Phi) is 11.6. The van der Waals surface area contributed by atoms with Gasteiger partial charge in [0.15, 0.2) is 5.96 Å². The first-order valence-corrected chi connectivity index (χ1v) is 8.16. The molecule has 0 spiro atoms. The maximum absolute atomic E-state index is 6.30. The molecule has 23 heavy (non-hydrogen) atoms. The summed E-state index contributed by atoms with van der Waals surface area (Å²) in [5.41, 5.74) is 1.05. The van der Waals surface area contributed by atoms with Gasteiger partial charge in [0.1, 0.15) is 0 Å². The maximum atomic E-state index is 6.30. The van der Waals surface area contributed by atoms with Crippen molar-refractivity contribution < 1.29 is 4.74 Å². The largest absolute Gasteiger partial charge is 0.382 e. The Morgan fingerprint density at radius 1 is 1.26 bits per heavy atom. The number of nitrogens with zero attached hydrogens (tertiary/aromatic N) is 1. The summed E-state index contributed by atoms with van der Waals surface area (Å²) in [4.78, 5) is 4.25. The number of aliphatic imine (C=N–C) groups is 1. The van der Waals surface area contributed by atoms with Crippen LogP contribution in [0.2, 0.25) is 5.02 Å². The van der Waals surface area contributed by atoms with Crippen molar-refractivity contribution in [1.29, 1.82) is 0 Å². The van der Waals surface area contributed by atoms with Crippen molar-refractivity contribution in [3.63, 3.8) is 0 Å². The second kappa shape index (κ2) is 11.9. The van der Waals surface area contributed by atoms with Gasteiger partial charge in [-0.25, -0.2) is 0 Å². The summed E-state index contributed by atoms with van der Waals surface area (Å²) in [5, 5.41) is 7.46. The lowest BCUT2D eigenvalue weighted by atomic mass is 9.84. The van der Waals surface area contributed by atoms with Crippen LogP contribution in [0.5, 0.6) is 0 Å². The standard InChI is InChI=1S/C17H28ClN3O.HI/c1-5-22-12-8-11-20-16(19-4)21-13-17(2,3)14-9-6-7-10-15(14)18;/h6-7,9-10H,5,8,11-13H2,1-4H3,(H2,19,20,21);1H. The molecular weight excluding hydrogens is 425 g/mol. The molecule has 0 radical (unpaired) electrons. The van der Waals surface area contributed by atoms with Crippen molar-refractivity contribution in [2.24, 2.45) is 4.99 Å². The molecule has 2 N–H and O–H groups in total. The number of hydrogen-bond acceptors (Lipinski definition) is 2. The molecule has 0 amide bonds. The van der Waals surface area contributed by atoms with Gasteiger partial charge in [0.25, 0.3) is 0 Å². The van der Waals surface area contributed by atoms with E-state index in [0.29, 0.717) is 0 Å². The van der Waals surface area contributed by atoms with E-state index < -0.39 is 0 Å². The number of ether oxygens (including phenoxy) is 1. The van der Waals surface area contributed by atoms with E-state index in [4.69, 9.17) is 16.3 Å². The first-order valence-electron chi connectivity index (χ1n) is 7.78. The first-order chi connectivity index (χ1) is 10.5. The van der Waals surface area contributed by atoms with E-state index in [1.807, 2.05) is 25.1 Å². The summed E-state index contributed by atoms with van der Waals surface area (Å²) < 4.78 is 5.32. The summed E-state index contributed by atoms with van der Waals surface area (Å²) in [6, 6.07) is 7.97. The average molecular weight is 454 g/mol. The highest BCUT2D eigenvalue weighted by molar-refractivity contribution is 14.0. The summed E-state index contributed by atoms with van der Waals surface area (Å²) >= 11 is 6.30. The van der Waals surface area contributed by atoms with E-state index >= 15 is 0 Å². The normalized spacial score (nSPS) is 11.8. The highest BCUT2D eigenvalue weighted by Crippen LogP contribution is 2.28. The molecule has 0 heterocycles. The predicted molar refractivity (Wildman–Crippen MR) is 110 cm³/mol. The molecule has 1 aromatic carbocycles. The van der Waals surface area contributed by atoms with Crippen molar-refractivity contribution in [3.05, 3.63) is 34.9 Å². The van der Waals surface area contributed by atoms with Crippen molar-refractivity contribution >= 4 is 41.5 Å². The summed E-state index contributed by atoms with van der Waals surface area (Å²) in [7, 11) is 1.78. The Morgan fingerprint density at radius 3 is 2.57 bits per heavy atom. The van der Waals surface area contributed by atoms with Crippen LogP contribution in [0.4, 0.5) is 0 Å². The van der Waals surface area contributed by atoms with Crippen LogP contribution in [0.3, 0.4) is 0 Å². The van der Waals surface area contributed by atoms with Gasteiger partial charge >= 0.3 is 0 Å². The molecule has 132 valence electrons. The van der Waals surface area contributed by atoms with Crippen molar-refractivity contribution in [2.45, 2.75) is 32.6 Å². The third-order valence-corrected chi connectivity index (χ3v) is 3.82. The summed E-state index contributed by atoms with van der Waals surface area (Å²) in [6.45, 7) is 9.47. The van der Waals surface area contributed by atoms with Gasteiger partial charge in [-0.1, -0.05) is 43.6 Å². The molecule has 0 unspecified atom stereocenters. The van der Waals surface area contributed by atoms with Crippen LogP contribution in [-0.2, 0) is 10.2 Å². The number of rotatable bonds is 8. The molecule has 0 saturated heterocycles. The molecule has 4 nitrogen and oxygen atoms in total. The third-order valence-electron chi connectivity index (χ3n) is 3.49. The van der Waals surface area contributed by atoms with Gasteiger partial charge in [0.2, 0.25) is 0 Å². The Bertz CT molecular complexity index is 481. The number of guanidine groups is 1. The molecule has 0 bridgehead atoms. The highest BCUT2D eigenvalue weighted by Gasteiger charge is 2.23. The van der Waals surface area contributed by atoms with Crippen molar-refractivity contribution in [2.75, 3.05) is 33.4 Å². The van der Waals surface area contributed by atoms with E-state index in [1.165, 1.54) is 0 Å². The Hall–Kier alpha value is -0.530. The molecule has 6 heteroatoms. The van der Waals surface area contributed by atoms with Gasteiger partial charge in [-0.3, -0.25) is 4.99 Å². The van der Waals surface area contributed by atoms with Gasteiger partial charge in [-0.05, 0) is 25.0 Å². The molecule has 0 aromatic heterocycles. The smallest absolute Gasteiger partial charge is 0.191 e. The molecule has 0 aliphatic carbocycles. The van der Waals surface area contributed by atoms with Crippen molar-refractivity contribution in [1.82, 2.24) is 10.6 Å². The average Bonchev–Trinajstić information content (AvgIpc) is 2.50. The van der Waals surface area contributed by atoms with E-state index in [9.17, 15) is 0 Å². The molecular formula is C17H29ClIN3O. The number of hydrogen-bond donors (Lipinski definition) is 2. The number of halogens is 2. The lowest BCUT2D eigenvalue weighted by Gasteiger charge is -2.27.